The number of hydrogen-bond donors (Lipinski definition) is 1. The van der Waals surface area contributed by atoms with E-state index in [9.17, 15) is 4.79 Å². The number of carboxylic acid groups (broad SMARTS) is 1. The van der Waals surface area contributed by atoms with E-state index in [0.29, 0.717) is 11.5 Å². The number of carboxylic acids is 1. The minimum atomic E-state index is -1.04. The highest BCUT2D eigenvalue weighted by atomic mass is 16.5. The highest BCUT2D eigenvalue weighted by Gasteiger charge is 2.06. The Morgan fingerprint density at radius 3 is 2.81 bits per heavy atom. The summed E-state index contributed by atoms with van der Waals surface area (Å²) in [5.41, 5.74) is 0.0846. The van der Waals surface area contributed by atoms with Crippen molar-refractivity contribution in [2.75, 3.05) is 0 Å². The maximum Gasteiger partial charge on any atom is 0.337 e. The van der Waals surface area contributed by atoms with E-state index in [2.05, 4.69) is 10.1 Å². The molecule has 82 valence electrons. The van der Waals surface area contributed by atoms with Gasteiger partial charge in [-0.15, -0.1) is 0 Å². The van der Waals surface area contributed by atoms with Gasteiger partial charge in [0.25, 0.3) is 0 Å². The Balaban J connectivity index is 2.21. The molecule has 0 aliphatic rings. The molecule has 0 aromatic carbocycles. The van der Waals surface area contributed by atoms with Crippen LogP contribution in [0.2, 0.25) is 0 Å². The molecule has 0 saturated heterocycles. The minimum absolute atomic E-state index is 0.0846. The van der Waals surface area contributed by atoms with E-state index in [1.807, 2.05) is 0 Å². The van der Waals surface area contributed by atoms with Crippen LogP contribution in [0, 0.1) is 0 Å². The molecule has 2 rings (SSSR count). The Bertz CT molecular complexity index is 522. The van der Waals surface area contributed by atoms with Crippen molar-refractivity contribution in [1.29, 1.82) is 0 Å². The average molecular weight is 219 g/mol. The number of aromatic nitrogens is 3. The van der Waals surface area contributed by atoms with Crippen LogP contribution in [-0.4, -0.2) is 25.8 Å². The van der Waals surface area contributed by atoms with Gasteiger partial charge in [0.1, 0.15) is 5.75 Å². The molecule has 2 heterocycles. The van der Waals surface area contributed by atoms with Crippen LogP contribution < -0.4 is 4.74 Å². The zero-order chi connectivity index (χ0) is 11.5. The first-order valence-corrected chi connectivity index (χ1v) is 4.50. The van der Waals surface area contributed by atoms with Gasteiger partial charge in [0.15, 0.2) is 5.75 Å². The summed E-state index contributed by atoms with van der Waals surface area (Å²) in [4.78, 5) is 14.5. The molecule has 2 aromatic rings. The Hall–Kier alpha value is -2.37. The predicted octanol–water partition coefficient (Wildman–Crippen LogP) is 1.31. The van der Waals surface area contributed by atoms with Gasteiger partial charge in [-0.05, 0) is 6.07 Å². The summed E-state index contributed by atoms with van der Waals surface area (Å²) in [6.45, 7) is 0. The molecule has 0 spiro atoms. The monoisotopic (exact) mass is 219 g/mol. The molecule has 2 aromatic heterocycles. The van der Waals surface area contributed by atoms with Crippen LogP contribution in [-0.2, 0) is 7.05 Å². The second-order valence-electron chi connectivity index (χ2n) is 3.17. The first kappa shape index (κ1) is 10.2. The summed E-state index contributed by atoms with van der Waals surface area (Å²) < 4.78 is 6.97. The van der Waals surface area contributed by atoms with Gasteiger partial charge in [0.05, 0.1) is 24.2 Å². The van der Waals surface area contributed by atoms with Gasteiger partial charge >= 0.3 is 5.97 Å². The number of rotatable bonds is 3. The van der Waals surface area contributed by atoms with Crippen LogP contribution in [0.25, 0.3) is 0 Å². The lowest BCUT2D eigenvalue weighted by atomic mass is 10.3. The lowest BCUT2D eigenvalue weighted by Crippen LogP contribution is -1.97. The first-order chi connectivity index (χ1) is 7.65. The Labute approximate surface area is 91.1 Å². The molecule has 0 saturated carbocycles. The summed E-state index contributed by atoms with van der Waals surface area (Å²) in [5.74, 6) is -0.135. The standard InChI is InChI=1S/C10H9N3O3/c1-13-6-9(5-12-13)16-8-2-7(10(14)15)3-11-4-8/h2-6H,1H3,(H,14,15). The molecule has 0 bridgehead atoms. The molecular formula is C10H9N3O3. The maximum atomic E-state index is 10.7. The normalized spacial score (nSPS) is 10.1. The van der Waals surface area contributed by atoms with Gasteiger partial charge in [-0.2, -0.15) is 5.10 Å². The van der Waals surface area contributed by atoms with Gasteiger partial charge in [-0.3, -0.25) is 9.67 Å². The number of aryl methyl sites for hydroxylation is 1. The quantitative estimate of drug-likeness (QED) is 0.841. The largest absolute Gasteiger partial charge is 0.478 e. The Morgan fingerprint density at radius 1 is 1.38 bits per heavy atom. The van der Waals surface area contributed by atoms with Crippen LogP contribution >= 0.6 is 0 Å². The van der Waals surface area contributed by atoms with Crippen molar-refractivity contribution in [3.63, 3.8) is 0 Å². The number of carbonyl (C=O) groups is 1. The van der Waals surface area contributed by atoms with Crippen molar-refractivity contribution in [2.24, 2.45) is 7.05 Å². The van der Waals surface area contributed by atoms with Gasteiger partial charge in [0.2, 0.25) is 0 Å². The van der Waals surface area contributed by atoms with Gasteiger partial charge in [0, 0.05) is 13.2 Å². The fourth-order valence-electron chi connectivity index (χ4n) is 1.18. The smallest absolute Gasteiger partial charge is 0.337 e. The number of hydrogen-bond acceptors (Lipinski definition) is 4. The van der Waals surface area contributed by atoms with Crippen LogP contribution in [0.3, 0.4) is 0 Å². The summed E-state index contributed by atoms with van der Waals surface area (Å²) >= 11 is 0. The van der Waals surface area contributed by atoms with E-state index < -0.39 is 5.97 Å². The molecule has 0 radical (unpaired) electrons. The lowest BCUT2D eigenvalue weighted by molar-refractivity contribution is 0.0696. The third kappa shape index (κ3) is 2.17. The molecule has 0 fully saturated rings. The molecule has 0 aliphatic carbocycles. The Kier molecular flexibility index (Phi) is 2.55. The Morgan fingerprint density at radius 2 is 2.19 bits per heavy atom. The third-order valence-corrected chi connectivity index (χ3v) is 1.88. The van der Waals surface area contributed by atoms with Crippen LogP contribution in [0.1, 0.15) is 10.4 Å². The number of pyridine rings is 1. The molecule has 1 N–H and O–H groups in total. The highest BCUT2D eigenvalue weighted by Crippen LogP contribution is 2.20. The number of aromatic carboxylic acids is 1. The number of nitrogens with zero attached hydrogens (tertiary/aromatic N) is 3. The average Bonchev–Trinajstić information content (AvgIpc) is 2.64. The van der Waals surface area contributed by atoms with Crippen molar-refractivity contribution >= 4 is 5.97 Å². The second kappa shape index (κ2) is 4.01. The van der Waals surface area contributed by atoms with Crippen molar-refractivity contribution < 1.29 is 14.6 Å². The fourth-order valence-corrected chi connectivity index (χ4v) is 1.18. The second-order valence-corrected chi connectivity index (χ2v) is 3.17. The predicted molar refractivity (Wildman–Crippen MR) is 54.5 cm³/mol. The zero-order valence-electron chi connectivity index (χ0n) is 8.49. The van der Waals surface area contributed by atoms with Crippen molar-refractivity contribution in [3.8, 4) is 11.5 Å². The molecule has 0 amide bonds. The maximum absolute atomic E-state index is 10.7. The van der Waals surface area contributed by atoms with Crippen molar-refractivity contribution in [2.45, 2.75) is 0 Å². The summed E-state index contributed by atoms with van der Waals surface area (Å²) in [5, 5.41) is 12.7. The van der Waals surface area contributed by atoms with E-state index in [1.54, 1.807) is 17.9 Å². The minimum Gasteiger partial charge on any atom is -0.478 e. The molecule has 0 aliphatic heterocycles. The van der Waals surface area contributed by atoms with E-state index in [-0.39, 0.29) is 5.56 Å². The molecule has 6 nitrogen and oxygen atoms in total. The third-order valence-electron chi connectivity index (χ3n) is 1.88. The van der Waals surface area contributed by atoms with E-state index in [4.69, 9.17) is 9.84 Å². The molecule has 0 atom stereocenters. The van der Waals surface area contributed by atoms with E-state index in [0.717, 1.165) is 0 Å². The van der Waals surface area contributed by atoms with Crippen molar-refractivity contribution in [3.05, 3.63) is 36.4 Å². The highest BCUT2D eigenvalue weighted by molar-refractivity contribution is 5.87. The molecule has 6 heteroatoms. The first-order valence-electron chi connectivity index (χ1n) is 4.50. The van der Waals surface area contributed by atoms with Crippen LogP contribution in [0.4, 0.5) is 0 Å². The molecule has 16 heavy (non-hydrogen) atoms. The lowest BCUT2D eigenvalue weighted by Gasteiger charge is -2.02. The van der Waals surface area contributed by atoms with Gasteiger partial charge in [-0.25, -0.2) is 4.79 Å². The van der Waals surface area contributed by atoms with E-state index in [1.165, 1.54) is 24.7 Å². The summed E-state index contributed by atoms with van der Waals surface area (Å²) in [7, 11) is 1.76. The molecular weight excluding hydrogens is 210 g/mol. The summed E-state index contributed by atoms with van der Waals surface area (Å²) in [6.07, 6.45) is 5.92. The molecule has 0 unspecified atom stereocenters. The van der Waals surface area contributed by atoms with E-state index >= 15 is 0 Å². The van der Waals surface area contributed by atoms with Gasteiger partial charge < -0.3 is 9.84 Å². The summed E-state index contributed by atoms with van der Waals surface area (Å²) in [6, 6.07) is 1.41. The van der Waals surface area contributed by atoms with Crippen molar-refractivity contribution in [1.82, 2.24) is 14.8 Å². The van der Waals surface area contributed by atoms with Gasteiger partial charge in [-0.1, -0.05) is 0 Å². The number of ether oxygens (including phenoxy) is 1. The zero-order valence-corrected chi connectivity index (χ0v) is 8.49. The fraction of sp³-hybridized carbons (Fsp3) is 0.100. The van der Waals surface area contributed by atoms with Crippen LogP contribution in [0.15, 0.2) is 30.9 Å². The van der Waals surface area contributed by atoms with Crippen LogP contribution in [0.5, 0.6) is 11.5 Å². The topological polar surface area (TPSA) is 77.2 Å². The SMILES string of the molecule is Cn1cc(Oc2cncc(C(=O)O)c2)cn1.